The standard InChI is InChI=1S/C22H34N4O2/c1-24(2)14-15-26-17-19(8-9-21(26)27)22(28)23-20-10-12-25(13-11-20)16-18-6-4-3-5-7-18/h3-7,19-20H,8-17H2,1-2H3,(H,23,28). The number of nitrogens with zero attached hydrogens (tertiary/aromatic N) is 3. The molecule has 2 aliphatic heterocycles. The van der Waals surface area contributed by atoms with Gasteiger partial charge in [-0.2, -0.15) is 0 Å². The minimum absolute atomic E-state index is 0.0674. The van der Waals surface area contributed by atoms with E-state index >= 15 is 0 Å². The first-order valence-corrected chi connectivity index (χ1v) is 10.5. The Balaban J connectivity index is 1.42. The van der Waals surface area contributed by atoms with Crippen LogP contribution in [0.15, 0.2) is 30.3 Å². The molecule has 2 amide bonds. The summed E-state index contributed by atoms with van der Waals surface area (Å²) in [6.07, 6.45) is 3.15. The molecule has 0 aromatic heterocycles. The van der Waals surface area contributed by atoms with Crippen molar-refractivity contribution in [2.24, 2.45) is 5.92 Å². The Kier molecular flexibility index (Phi) is 7.45. The molecule has 2 fully saturated rings. The minimum Gasteiger partial charge on any atom is -0.353 e. The molecule has 28 heavy (non-hydrogen) atoms. The quantitative estimate of drug-likeness (QED) is 0.773. The van der Waals surface area contributed by atoms with E-state index in [1.165, 1.54) is 5.56 Å². The lowest BCUT2D eigenvalue weighted by molar-refractivity contribution is -0.138. The summed E-state index contributed by atoms with van der Waals surface area (Å²) in [5.41, 5.74) is 1.34. The van der Waals surface area contributed by atoms with Crippen LogP contribution in [-0.4, -0.2) is 79.4 Å². The third-order valence-corrected chi connectivity index (χ3v) is 5.87. The molecule has 1 N–H and O–H groups in total. The Labute approximate surface area is 168 Å². The van der Waals surface area contributed by atoms with Crippen LogP contribution in [0.5, 0.6) is 0 Å². The van der Waals surface area contributed by atoms with Crippen molar-refractivity contribution in [2.45, 2.75) is 38.3 Å². The highest BCUT2D eigenvalue weighted by atomic mass is 16.2. The maximum absolute atomic E-state index is 12.8. The van der Waals surface area contributed by atoms with Crippen LogP contribution in [-0.2, 0) is 16.1 Å². The average Bonchev–Trinajstić information content (AvgIpc) is 2.69. The first-order chi connectivity index (χ1) is 13.5. The third-order valence-electron chi connectivity index (χ3n) is 5.87. The fraction of sp³-hybridized carbons (Fsp3) is 0.636. The number of benzene rings is 1. The molecule has 1 aromatic carbocycles. The summed E-state index contributed by atoms with van der Waals surface area (Å²) in [7, 11) is 4.01. The van der Waals surface area contributed by atoms with Gasteiger partial charge in [0.1, 0.15) is 0 Å². The highest BCUT2D eigenvalue weighted by Crippen LogP contribution is 2.19. The van der Waals surface area contributed by atoms with Crippen LogP contribution in [0.1, 0.15) is 31.2 Å². The first-order valence-electron chi connectivity index (χ1n) is 10.5. The van der Waals surface area contributed by atoms with Crippen molar-refractivity contribution in [3.63, 3.8) is 0 Å². The summed E-state index contributed by atoms with van der Waals surface area (Å²) < 4.78 is 0. The largest absolute Gasteiger partial charge is 0.353 e. The summed E-state index contributed by atoms with van der Waals surface area (Å²) in [6.45, 7) is 5.10. The highest BCUT2D eigenvalue weighted by molar-refractivity contribution is 5.84. The number of rotatable bonds is 7. The van der Waals surface area contributed by atoms with Crippen molar-refractivity contribution >= 4 is 11.8 Å². The Morgan fingerprint density at radius 1 is 1.14 bits per heavy atom. The monoisotopic (exact) mass is 386 g/mol. The van der Waals surface area contributed by atoms with Crippen LogP contribution < -0.4 is 5.32 Å². The maximum Gasteiger partial charge on any atom is 0.225 e. The van der Waals surface area contributed by atoms with E-state index < -0.39 is 0 Å². The second kappa shape index (κ2) is 10.0. The van der Waals surface area contributed by atoms with Gasteiger partial charge in [-0.3, -0.25) is 14.5 Å². The number of hydrogen-bond donors (Lipinski definition) is 1. The number of amides is 2. The molecule has 3 rings (SSSR count). The van der Waals surface area contributed by atoms with Gasteiger partial charge in [-0.05, 0) is 38.9 Å². The van der Waals surface area contributed by atoms with Crippen LogP contribution in [0, 0.1) is 5.92 Å². The lowest BCUT2D eigenvalue weighted by Crippen LogP contribution is -2.51. The van der Waals surface area contributed by atoms with Crippen molar-refractivity contribution in [2.75, 3.05) is 46.8 Å². The molecule has 0 saturated carbocycles. The Morgan fingerprint density at radius 3 is 2.54 bits per heavy atom. The fourth-order valence-electron chi connectivity index (χ4n) is 4.06. The van der Waals surface area contributed by atoms with Crippen LogP contribution in [0.4, 0.5) is 0 Å². The van der Waals surface area contributed by atoms with Crippen LogP contribution in [0.2, 0.25) is 0 Å². The predicted octanol–water partition coefficient (Wildman–Crippen LogP) is 1.57. The van der Waals surface area contributed by atoms with Gasteiger partial charge >= 0.3 is 0 Å². The summed E-state index contributed by atoms with van der Waals surface area (Å²) in [6, 6.07) is 10.8. The van der Waals surface area contributed by atoms with Gasteiger partial charge in [-0.1, -0.05) is 30.3 Å². The Bertz CT molecular complexity index is 641. The van der Waals surface area contributed by atoms with Crippen molar-refractivity contribution in [3.05, 3.63) is 35.9 Å². The van der Waals surface area contributed by atoms with Gasteiger partial charge in [0.2, 0.25) is 11.8 Å². The van der Waals surface area contributed by atoms with Crippen molar-refractivity contribution < 1.29 is 9.59 Å². The summed E-state index contributed by atoms with van der Waals surface area (Å²) in [4.78, 5) is 31.3. The molecule has 2 heterocycles. The summed E-state index contributed by atoms with van der Waals surface area (Å²) >= 11 is 0. The Morgan fingerprint density at radius 2 is 1.86 bits per heavy atom. The number of hydrogen-bond acceptors (Lipinski definition) is 4. The molecule has 2 saturated heterocycles. The normalized spacial score (nSPS) is 21.9. The molecule has 0 radical (unpaired) electrons. The fourth-order valence-corrected chi connectivity index (χ4v) is 4.06. The van der Waals surface area contributed by atoms with E-state index in [0.717, 1.165) is 39.0 Å². The predicted molar refractivity (Wildman–Crippen MR) is 111 cm³/mol. The van der Waals surface area contributed by atoms with E-state index in [1.807, 2.05) is 25.1 Å². The van der Waals surface area contributed by atoms with Gasteiger partial charge in [0, 0.05) is 51.7 Å². The minimum atomic E-state index is -0.0674. The number of nitrogens with one attached hydrogen (secondary N) is 1. The summed E-state index contributed by atoms with van der Waals surface area (Å²) in [5.74, 6) is 0.242. The number of likely N-dealkylation sites (N-methyl/N-ethyl adjacent to an activating group) is 1. The second-order valence-corrected chi connectivity index (χ2v) is 8.42. The number of likely N-dealkylation sites (tertiary alicyclic amines) is 2. The molecule has 2 aliphatic rings. The number of piperidine rings is 2. The van der Waals surface area contributed by atoms with Crippen molar-refractivity contribution in [3.8, 4) is 0 Å². The van der Waals surface area contributed by atoms with Crippen LogP contribution in [0.25, 0.3) is 0 Å². The van der Waals surface area contributed by atoms with E-state index in [0.29, 0.717) is 25.9 Å². The van der Waals surface area contributed by atoms with Crippen molar-refractivity contribution in [1.29, 1.82) is 0 Å². The first kappa shape index (κ1) is 20.8. The van der Waals surface area contributed by atoms with Gasteiger partial charge in [0.15, 0.2) is 0 Å². The topological polar surface area (TPSA) is 55.9 Å². The molecule has 0 aliphatic carbocycles. The zero-order valence-corrected chi connectivity index (χ0v) is 17.3. The van der Waals surface area contributed by atoms with Crippen molar-refractivity contribution in [1.82, 2.24) is 20.0 Å². The summed E-state index contributed by atoms with van der Waals surface area (Å²) in [5, 5.41) is 3.26. The number of carbonyl (C=O) groups excluding carboxylic acids is 2. The van der Waals surface area contributed by atoms with Crippen LogP contribution in [0.3, 0.4) is 0 Å². The molecule has 0 bridgehead atoms. The van der Waals surface area contributed by atoms with E-state index in [-0.39, 0.29) is 23.8 Å². The second-order valence-electron chi connectivity index (χ2n) is 8.42. The van der Waals surface area contributed by atoms with E-state index in [4.69, 9.17) is 0 Å². The Hall–Kier alpha value is -1.92. The molecular formula is C22H34N4O2. The lowest BCUT2D eigenvalue weighted by Gasteiger charge is -2.35. The molecular weight excluding hydrogens is 352 g/mol. The molecule has 154 valence electrons. The van der Waals surface area contributed by atoms with Gasteiger partial charge in [-0.25, -0.2) is 0 Å². The molecule has 6 nitrogen and oxygen atoms in total. The highest BCUT2D eigenvalue weighted by Gasteiger charge is 2.31. The molecule has 6 heteroatoms. The van der Waals surface area contributed by atoms with Gasteiger partial charge in [-0.15, -0.1) is 0 Å². The average molecular weight is 387 g/mol. The van der Waals surface area contributed by atoms with Crippen LogP contribution >= 0.6 is 0 Å². The van der Waals surface area contributed by atoms with Gasteiger partial charge in [0.25, 0.3) is 0 Å². The van der Waals surface area contributed by atoms with E-state index in [1.54, 1.807) is 0 Å². The maximum atomic E-state index is 12.8. The smallest absolute Gasteiger partial charge is 0.225 e. The zero-order valence-electron chi connectivity index (χ0n) is 17.3. The molecule has 1 unspecified atom stereocenters. The molecule has 1 atom stereocenters. The van der Waals surface area contributed by atoms with Gasteiger partial charge in [0.05, 0.1) is 5.92 Å². The zero-order chi connectivity index (χ0) is 19.9. The lowest BCUT2D eigenvalue weighted by atomic mass is 9.95. The molecule has 0 spiro atoms. The van der Waals surface area contributed by atoms with E-state index in [9.17, 15) is 9.59 Å². The van der Waals surface area contributed by atoms with E-state index in [2.05, 4.69) is 39.4 Å². The molecule has 1 aromatic rings. The SMILES string of the molecule is CN(C)CCN1CC(C(=O)NC2CCN(Cc3ccccc3)CC2)CCC1=O. The van der Waals surface area contributed by atoms with Gasteiger partial charge < -0.3 is 15.1 Å². The third kappa shape index (κ3) is 6.04. The number of carbonyl (C=O) groups is 2.